The first-order valence-corrected chi connectivity index (χ1v) is 10.5. The minimum atomic E-state index is -3.58. The summed E-state index contributed by atoms with van der Waals surface area (Å²) < 4.78 is 32.0. The van der Waals surface area contributed by atoms with Gasteiger partial charge >= 0.3 is 0 Å². The van der Waals surface area contributed by atoms with Crippen LogP contribution in [0.25, 0.3) is 0 Å². The van der Waals surface area contributed by atoms with Crippen molar-refractivity contribution in [1.29, 1.82) is 0 Å². The fourth-order valence-corrected chi connectivity index (χ4v) is 4.49. The molecule has 2 aromatic rings. The van der Waals surface area contributed by atoms with Gasteiger partial charge in [-0.2, -0.15) is 11.8 Å². The quantitative estimate of drug-likeness (QED) is 0.668. The molecule has 0 aliphatic carbocycles. The van der Waals surface area contributed by atoms with E-state index in [9.17, 15) is 8.42 Å². The van der Waals surface area contributed by atoms with Crippen molar-refractivity contribution in [3.8, 4) is 5.75 Å². The van der Waals surface area contributed by atoms with E-state index in [-0.39, 0.29) is 9.92 Å². The highest BCUT2D eigenvalue weighted by molar-refractivity contribution is 7.98. The molecule has 4 nitrogen and oxygen atoms in total. The second-order valence-corrected chi connectivity index (χ2v) is 8.59. The highest BCUT2D eigenvalue weighted by Gasteiger charge is 2.15. The zero-order chi connectivity index (χ0) is 17.6. The monoisotopic (exact) mass is 405 g/mol. The molecule has 0 aliphatic rings. The molecule has 24 heavy (non-hydrogen) atoms. The van der Waals surface area contributed by atoms with Crippen molar-refractivity contribution in [3.05, 3.63) is 58.1 Å². The van der Waals surface area contributed by atoms with Gasteiger partial charge in [0.1, 0.15) is 5.75 Å². The van der Waals surface area contributed by atoms with Gasteiger partial charge in [-0.3, -0.25) is 0 Å². The molecule has 0 spiro atoms. The average molecular weight is 406 g/mol. The first kappa shape index (κ1) is 19.4. The zero-order valence-electron chi connectivity index (χ0n) is 13.0. The number of hydrogen-bond donors (Lipinski definition) is 1. The van der Waals surface area contributed by atoms with Crippen molar-refractivity contribution >= 4 is 45.0 Å². The van der Waals surface area contributed by atoms with Crippen molar-refractivity contribution < 1.29 is 13.2 Å². The van der Waals surface area contributed by atoms with Gasteiger partial charge < -0.3 is 4.74 Å². The van der Waals surface area contributed by atoms with Crippen LogP contribution >= 0.6 is 35.0 Å². The molecule has 1 N–H and O–H groups in total. The summed E-state index contributed by atoms with van der Waals surface area (Å²) in [5.74, 6) is 1.86. The third-order valence-electron chi connectivity index (χ3n) is 3.13. The molecule has 0 saturated carbocycles. The van der Waals surface area contributed by atoms with Crippen LogP contribution < -0.4 is 9.46 Å². The summed E-state index contributed by atoms with van der Waals surface area (Å²) >= 11 is 13.5. The Balaban J connectivity index is 1.83. The van der Waals surface area contributed by atoms with Crippen molar-refractivity contribution in [2.75, 3.05) is 19.4 Å². The van der Waals surface area contributed by atoms with Crippen molar-refractivity contribution in [2.24, 2.45) is 0 Å². The maximum Gasteiger partial charge on any atom is 0.240 e. The highest BCUT2D eigenvalue weighted by atomic mass is 35.5. The Morgan fingerprint density at radius 3 is 2.62 bits per heavy atom. The van der Waals surface area contributed by atoms with Crippen LogP contribution in [0.4, 0.5) is 0 Å². The maximum atomic E-state index is 12.2. The summed E-state index contributed by atoms with van der Waals surface area (Å²) in [6.45, 7) is 0.331. The van der Waals surface area contributed by atoms with Gasteiger partial charge in [0.25, 0.3) is 0 Å². The summed E-state index contributed by atoms with van der Waals surface area (Å²) in [6, 6.07) is 12.0. The van der Waals surface area contributed by atoms with Gasteiger partial charge in [-0.05, 0) is 35.9 Å². The average Bonchev–Trinajstić information content (AvgIpc) is 2.54. The van der Waals surface area contributed by atoms with Gasteiger partial charge in [-0.1, -0.05) is 35.3 Å². The van der Waals surface area contributed by atoms with E-state index in [2.05, 4.69) is 4.72 Å². The van der Waals surface area contributed by atoms with Gasteiger partial charge in [0.15, 0.2) is 0 Å². The number of nitrogens with one attached hydrogen (secondary N) is 1. The van der Waals surface area contributed by atoms with E-state index in [1.54, 1.807) is 11.8 Å². The number of ether oxygens (including phenoxy) is 1. The van der Waals surface area contributed by atoms with Gasteiger partial charge in [0, 0.05) is 23.1 Å². The van der Waals surface area contributed by atoms with Crippen molar-refractivity contribution in [1.82, 2.24) is 4.72 Å². The van der Waals surface area contributed by atoms with E-state index < -0.39 is 10.0 Å². The van der Waals surface area contributed by atoms with E-state index in [1.165, 1.54) is 25.3 Å². The Kier molecular flexibility index (Phi) is 7.25. The number of thioether (sulfide) groups is 1. The lowest BCUT2D eigenvalue weighted by Crippen LogP contribution is -2.26. The number of hydrogen-bond acceptors (Lipinski definition) is 4. The second-order valence-electron chi connectivity index (χ2n) is 4.88. The largest absolute Gasteiger partial charge is 0.495 e. The number of rotatable bonds is 8. The molecule has 0 amide bonds. The number of sulfonamides is 1. The Hall–Kier alpha value is -0.920. The molecule has 0 aromatic heterocycles. The molecule has 0 atom stereocenters. The molecule has 0 bridgehead atoms. The van der Waals surface area contributed by atoms with Gasteiger partial charge in [-0.25, -0.2) is 13.1 Å². The van der Waals surface area contributed by atoms with E-state index in [1.807, 2.05) is 24.3 Å². The van der Waals surface area contributed by atoms with E-state index in [0.29, 0.717) is 23.1 Å². The molecular weight excluding hydrogens is 389 g/mol. The van der Waals surface area contributed by atoms with Crippen molar-refractivity contribution in [2.45, 2.75) is 10.6 Å². The molecule has 0 heterocycles. The Morgan fingerprint density at radius 2 is 1.96 bits per heavy atom. The molecule has 2 rings (SSSR count). The molecule has 130 valence electrons. The third kappa shape index (κ3) is 5.57. The third-order valence-corrected chi connectivity index (χ3v) is 6.15. The first-order valence-electron chi connectivity index (χ1n) is 7.08. The molecule has 0 fully saturated rings. The summed E-state index contributed by atoms with van der Waals surface area (Å²) in [7, 11) is -2.11. The van der Waals surface area contributed by atoms with Crippen LogP contribution in [0, 0.1) is 0 Å². The fraction of sp³-hybridized carbons (Fsp3) is 0.250. The predicted octanol–water partition coefficient (Wildman–Crippen LogP) is 4.21. The van der Waals surface area contributed by atoms with Gasteiger partial charge in [-0.15, -0.1) is 0 Å². The molecule has 8 heteroatoms. The second kappa shape index (κ2) is 8.97. The lowest BCUT2D eigenvalue weighted by Gasteiger charge is -2.09. The maximum absolute atomic E-state index is 12.2. The van der Waals surface area contributed by atoms with Gasteiger partial charge in [0.05, 0.1) is 17.0 Å². The standard InChI is InChI=1S/C16H17Cl2NO3S2/c1-22-16-6-5-14(10-15(16)18)24(20,21)19-7-8-23-11-12-3-2-4-13(17)9-12/h2-6,9-10,19H,7-8,11H2,1H3. The normalized spacial score (nSPS) is 11.5. The Labute approximate surface area is 156 Å². The number of methoxy groups -OCH3 is 1. The lowest BCUT2D eigenvalue weighted by molar-refractivity contribution is 0.414. The van der Waals surface area contributed by atoms with E-state index >= 15 is 0 Å². The van der Waals surface area contributed by atoms with Crippen LogP contribution in [0.2, 0.25) is 10.0 Å². The molecule has 0 aliphatic heterocycles. The first-order chi connectivity index (χ1) is 11.4. The molecule has 0 unspecified atom stereocenters. The molecule has 0 saturated heterocycles. The fourth-order valence-electron chi connectivity index (χ4n) is 1.96. The van der Waals surface area contributed by atoms with Crippen LogP contribution in [0.3, 0.4) is 0 Å². The molecular formula is C16H17Cl2NO3S2. The summed E-state index contributed by atoms with van der Waals surface area (Å²) in [6.07, 6.45) is 0. The van der Waals surface area contributed by atoms with Crippen LogP contribution in [-0.4, -0.2) is 27.8 Å². The molecule has 2 aromatic carbocycles. The zero-order valence-corrected chi connectivity index (χ0v) is 16.1. The van der Waals surface area contributed by atoms with Crippen molar-refractivity contribution in [3.63, 3.8) is 0 Å². The summed E-state index contributed by atoms with van der Waals surface area (Å²) in [5, 5.41) is 0.959. The lowest BCUT2D eigenvalue weighted by atomic mass is 10.2. The summed E-state index contributed by atoms with van der Waals surface area (Å²) in [5.41, 5.74) is 1.11. The topological polar surface area (TPSA) is 55.4 Å². The highest BCUT2D eigenvalue weighted by Crippen LogP contribution is 2.26. The Bertz CT molecular complexity index is 798. The summed E-state index contributed by atoms with van der Waals surface area (Å²) in [4.78, 5) is 0.119. The van der Waals surface area contributed by atoms with Gasteiger partial charge in [0.2, 0.25) is 10.0 Å². The predicted molar refractivity (Wildman–Crippen MR) is 101 cm³/mol. The number of benzene rings is 2. The van der Waals surface area contributed by atoms with Crippen LogP contribution in [-0.2, 0) is 15.8 Å². The SMILES string of the molecule is COc1ccc(S(=O)(=O)NCCSCc2cccc(Cl)c2)cc1Cl. The molecule has 0 radical (unpaired) electrons. The van der Waals surface area contributed by atoms with E-state index in [4.69, 9.17) is 27.9 Å². The minimum Gasteiger partial charge on any atom is -0.495 e. The number of halogens is 2. The van der Waals surface area contributed by atoms with Crippen LogP contribution in [0.5, 0.6) is 5.75 Å². The van der Waals surface area contributed by atoms with E-state index in [0.717, 1.165) is 11.3 Å². The smallest absolute Gasteiger partial charge is 0.240 e. The van der Waals surface area contributed by atoms with Crippen LogP contribution in [0.1, 0.15) is 5.56 Å². The minimum absolute atomic E-state index is 0.119. The van der Waals surface area contributed by atoms with Crippen LogP contribution in [0.15, 0.2) is 47.4 Å². The Morgan fingerprint density at radius 1 is 1.17 bits per heavy atom.